The molecule has 0 aliphatic heterocycles. The van der Waals surface area contributed by atoms with Crippen LogP contribution in [0.15, 0.2) is 53.7 Å². The number of hydrogen-bond donors (Lipinski definition) is 3. The predicted molar refractivity (Wildman–Crippen MR) is 118 cm³/mol. The van der Waals surface area contributed by atoms with Crippen LogP contribution in [0.1, 0.15) is 49.6 Å². The highest BCUT2D eigenvalue weighted by Crippen LogP contribution is 2.44. The highest BCUT2D eigenvalue weighted by Gasteiger charge is 2.28. The van der Waals surface area contributed by atoms with Crippen LogP contribution in [0.5, 0.6) is 0 Å². The zero-order valence-corrected chi connectivity index (χ0v) is 16.5. The molecule has 2 aromatic heterocycles. The van der Waals surface area contributed by atoms with Crippen molar-refractivity contribution in [3.63, 3.8) is 0 Å². The third kappa shape index (κ3) is 4.01. The maximum absolute atomic E-state index is 9.08. The number of aromatic nitrogens is 2. The van der Waals surface area contributed by atoms with Crippen molar-refractivity contribution in [2.24, 2.45) is 5.16 Å². The van der Waals surface area contributed by atoms with Gasteiger partial charge < -0.3 is 15.9 Å². The van der Waals surface area contributed by atoms with E-state index in [2.05, 4.69) is 26.5 Å². The molecule has 4 rings (SSSR count). The summed E-state index contributed by atoms with van der Waals surface area (Å²) in [5.74, 6) is 1.22. The molecule has 0 bridgehead atoms. The first-order valence-electron chi connectivity index (χ1n) is 9.64. The number of benzene rings is 1. The lowest BCUT2D eigenvalue weighted by Crippen LogP contribution is -2.03. The van der Waals surface area contributed by atoms with Crippen LogP contribution in [0.3, 0.4) is 0 Å². The molecule has 6 nitrogen and oxygen atoms in total. The minimum atomic E-state index is 0. The molecule has 1 saturated carbocycles. The summed E-state index contributed by atoms with van der Waals surface area (Å²) < 4.78 is 0. The average Bonchev–Trinajstić information content (AvgIpc) is 3.58. The van der Waals surface area contributed by atoms with E-state index in [0.717, 1.165) is 52.4 Å². The van der Waals surface area contributed by atoms with Crippen molar-refractivity contribution >= 4 is 23.4 Å². The van der Waals surface area contributed by atoms with Crippen molar-refractivity contribution in [3.8, 4) is 11.3 Å². The molecule has 2 heterocycles. The van der Waals surface area contributed by atoms with Gasteiger partial charge in [0.1, 0.15) is 11.5 Å². The van der Waals surface area contributed by atoms with Crippen LogP contribution < -0.4 is 5.32 Å². The first kappa shape index (κ1) is 18.8. The second-order valence-corrected chi connectivity index (χ2v) is 7.33. The molecule has 0 saturated heterocycles. The van der Waals surface area contributed by atoms with E-state index in [9.17, 15) is 0 Å². The summed E-state index contributed by atoms with van der Waals surface area (Å²) in [5, 5.41) is 23.7. The van der Waals surface area contributed by atoms with E-state index >= 15 is 0 Å². The molecule has 1 aliphatic rings. The summed E-state index contributed by atoms with van der Waals surface area (Å²) in [6, 6.07) is 15.6. The van der Waals surface area contributed by atoms with Crippen LogP contribution in [0.25, 0.3) is 11.3 Å². The van der Waals surface area contributed by atoms with Crippen LogP contribution in [0, 0.1) is 12.3 Å². The number of pyridine rings is 2. The molecule has 0 unspecified atom stereocenters. The maximum Gasteiger partial charge on any atom is 0.130 e. The van der Waals surface area contributed by atoms with Crippen LogP contribution >= 0.6 is 0 Å². The molecule has 148 valence electrons. The van der Waals surface area contributed by atoms with Gasteiger partial charge in [-0.15, -0.1) is 0 Å². The van der Waals surface area contributed by atoms with Gasteiger partial charge in [-0.3, -0.25) is 0 Å². The van der Waals surface area contributed by atoms with Gasteiger partial charge in [0, 0.05) is 30.1 Å². The molecule has 1 aromatic carbocycles. The Balaban J connectivity index is 0.00000256. The summed E-state index contributed by atoms with van der Waals surface area (Å²) in [7, 11) is 0. The lowest BCUT2D eigenvalue weighted by molar-refractivity contribution is 0.319. The Kier molecular flexibility index (Phi) is 5.08. The van der Waals surface area contributed by atoms with Gasteiger partial charge in [0.25, 0.3) is 0 Å². The molecule has 6 heteroatoms. The number of nitrogens with one attached hydrogen (secondary N) is 2. The average molecular weight is 387 g/mol. The van der Waals surface area contributed by atoms with Crippen molar-refractivity contribution < 1.29 is 6.63 Å². The minimum absolute atomic E-state index is 0. The minimum Gasteiger partial charge on any atom is -0.411 e. The van der Waals surface area contributed by atoms with Gasteiger partial charge in [0.2, 0.25) is 0 Å². The summed E-state index contributed by atoms with van der Waals surface area (Å²) in [5.41, 5.74) is 6.67. The number of anilines is 2. The number of hydrogen-bond acceptors (Lipinski definition) is 6. The maximum atomic E-state index is 9.08. The number of rotatable bonds is 6. The fraction of sp³-hybridized carbons (Fsp3) is 0.217. The Hall–Kier alpha value is -3.54. The largest absolute Gasteiger partial charge is 0.411 e. The highest BCUT2D eigenvalue weighted by atomic mass is 16.4. The van der Waals surface area contributed by atoms with E-state index in [1.54, 1.807) is 6.92 Å². The molecule has 0 atom stereocenters. The van der Waals surface area contributed by atoms with Crippen LogP contribution in [-0.2, 0) is 0 Å². The molecular formula is C23H25N5O. The van der Waals surface area contributed by atoms with E-state index in [4.69, 9.17) is 10.6 Å². The Labute approximate surface area is 171 Å². The molecule has 0 spiro atoms. The second kappa shape index (κ2) is 7.83. The normalized spacial score (nSPS) is 13.9. The van der Waals surface area contributed by atoms with Crippen LogP contribution in [-0.4, -0.2) is 27.1 Å². The van der Waals surface area contributed by atoms with Crippen molar-refractivity contribution in [2.45, 2.75) is 32.6 Å². The molecule has 3 aromatic rings. The standard InChI is InChI=1S/C23H23N5O.H2/c1-14-5-3-8-23(25-14)27-22-12-17(11-18(16-9-10-16)19(22)13-24)21-7-4-6-20(26-21)15(2)28-29;/h3-8,11-13,16,24,29H,9-10H2,1-2H3,(H,25,27);1H/b24-13?,28-15-;. The molecule has 1 fully saturated rings. The number of oxime groups is 1. The lowest BCUT2D eigenvalue weighted by atomic mass is 9.96. The van der Waals surface area contributed by atoms with Gasteiger partial charge in [-0.1, -0.05) is 17.3 Å². The Morgan fingerprint density at radius 1 is 1.21 bits per heavy atom. The summed E-state index contributed by atoms with van der Waals surface area (Å²) in [4.78, 5) is 9.20. The van der Waals surface area contributed by atoms with Crippen LogP contribution in [0.2, 0.25) is 0 Å². The molecule has 0 amide bonds. The van der Waals surface area contributed by atoms with Gasteiger partial charge in [-0.25, -0.2) is 9.97 Å². The van der Waals surface area contributed by atoms with Crippen molar-refractivity contribution in [1.82, 2.24) is 9.97 Å². The van der Waals surface area contributed by atoms with Gasteiger partial charge >= 0.3 is 0 Å². The van der Waals surface area contributed by atoms with Crippen molar-refractivity contribution in [2.75, 3.05) is 5.32 Å². The second-order valence-electron chi connectivity index (χ2n) is 7.33. The molecule has 1 aliphatic carbocycles. The zero-order chi connectivity index (χ0) is 20.4. The predicted octanol–water partition coefficient (Wildman–Crippen LogP) is 5.51. The van der Waals surface area contributed by atoms with Crippen molar-refractivity contribution in [3.05, 3.63) is 71.0 Å². The van der Waals surface area contributed by atoms with E-state index in [1.807, 2.05) is 49.4 Å². The number of aryl methyl sites for hydroxylation is 1. The fourth-order valence-corrected chi connectivity index (χ4v) is 3.42. The van der Waals surface area contributed by atoms with Gasteiger partial charge in [0.05, 0.1) is 11.4 Å². The smallest absolute Gasteiger partial charge is 0.130 e. The highest BCUT2D eigenvalue weighted by molar-refractivity contribution is 5.97. The Morgan fingerprint density at radius 2 is 2.00 bits per heavy atom. The topological polar surface area (TPSA) is 94.3 Å². The summed E-state index contributed by atoms with van der Waals surface area (Å²) in [6.45, 7) is 3.67. The zero-order valence-electron chi connectivity index (χ0n) is 16.5. The summed E-state index contributed by atoms with van der Waals surface area (Å²) >= 11 is 0. The van der Waals surface area contributed by atoms with Crippen LogP contribution in [0.4, 0.5) is 11.5 Å². The third-order valence-electron chi connectivity index (χ3n) is 5.09. The lowest BCUT2D eigenvalue weighted by Gasteiger charge is -2.16. The molecule has 3 N–H and O–H groups in total. The quantitative estimate of drug-likeness (QED) is 0.295. The summed E-state index contributed by atoms with van der Waals surface area (Å²) in [6.07, 6.45) is 3.69. The molecular weight excluding hydrogens is 362 g/mol. The van der Waals surface area contributed by atoms with E-state index in [1.165, 1.54) is 6.21 Å². The Morgan fingerprint density at radius 3 is 2.69 bits per heavy atom. The first-order chi connectivity index (χ1) is 14.1. The third-order valence-corrected chi connectivity index (χ3v) is 5.09. The molecule has 0 radical (unpaired) electrons. The van der Waals surface area contributed by atoms with Gasteiger partial charge in [0.15, 0.2) is 0 Å². The van der Waals surface area contributed by atoms with E-state index in [-0.39, 0.29) is 1.43 Å². The first-order valence-corrected chi connectivity index (χ1v) is 9.64. The van der Waals surface area contributed by atoms with Gasteiger partial charge in [-0.05, 0) is 74.6 Å². The van der Waals surface area contributed by atoms with Gasteiger partial charge in [-0.2, -0.15) is 0 Å². The van der Waals surface area contributed by atoms with E-state index in [0.29, 0.717) is 17.3 Å². The van der Waals surface area contributed by atoms with Crippen molar-refractivity contribution in [1.29, 1.82) is 5.41 Å². The monoisotopic (exact) mass is 387 g/mol. The number of nitrogens with zero attached hydrogens (tertiary/aromatic N) is 3. The fourth-order valence-electron chi connectivity index (χ4n) is 3.42. The van der Waals surface area contributed by atoms with E-state index < -0.39 is 0 Å². The molecule has 29 heavy (non-hydrogen) atoms. The SMILES string of the molecule is C/C(=N/O)c1cccc(-c2cc(Nc3cccc(C)n3)c(C=N)c(C3CC3)c2)n1.[HH]. The Bertz CT molecular complexity index is 1110.